The van der Waals surface area contributed by atoms with Gasteiger partial charge in [0.05, 0.1) is 0 Å². The van der Waals surface area contributed by atoms with Gasteiger partial charge in [0.1, 0.15) is 0 Å². The Bertz CT molecular complexity index is 462. The van der Waals surface area contributed by atoms with E-state index in [1.807, 2.05) is 11.3 Å². The van der Waals surface area contributed by atoms with Crippen LogP contribution in [0.4, 0.5) is 0 Å². The molecule has 0 aromatic carbocycles. The maximum Gasteiger partial charge on any atom is 0.0305 e. The zero-order valence-electron chi connectivity index (χ0n) is 13.4. The van der Waals surface area contributed by atoms with E-state index in [9.17, 15) is 0 Å². The summed E-state index contributed by atoms with van der Waals surface area (Å²) in [5, 5.41) is 6.14. The number of hydrogen-bond acceptors (Lipinski definition) is 2. The number of rotatable bonds is 5. The summed E-state index contributed by atoms with van der Waals surface area (Å²) < 4.78 is 0. The summed E-state index contributed by atoms with van der Waals surface area (Å²) in [6.45, 7) is 10.8. The van der Waals surface area contributed by atoms with Crippen LogP contribution >= 0.6 is 11.3 Å². The molecule has 3 fully saturated rings. The van der Waals surface area contributed by atoms with Gasteiger partial charge in [0.25, 0.3) is 0 Å². The monoisotopic (exact) mass is 291 g/mol. The summed E-state index contributed by atoms with van der Waals surface area (Å²) in [7, 11) is 0. The van der Waals surface area contributed by atoms with Crippen LogP contribution < -0.4 is 5.32 Å². The third-order valence-corrected chi connectivity index (χ3v) is 7.20. The first-order valence-electron chi connectivity index (χ1n) is 8.32. The molecule has 3 saturated carbocycles. The largest absolute Gasteiger partial charge is 0.309 e. The molecule has 0 saturated heterocycles. The predicted octanol–water partition coefficient (Wildman–Crippen LogP) is 4.86. The molecule has 1 N–H and O–H groups in total. The van der Waals surface area contributed by atoms with E-state index < -0.39 is 0 Å². The SMILES string of the molecule is CCCc1ccsc1CN[C@@H]1C[C@H]2C[C@@H]([C@H]1C)C2(C)C. The first-order chi connectivity index (χ1) is 9.54. The Balaban J connectivity index is 1.58. The molecule has 1 nitrogen and oxygen atoms in total. The van der Waals surface area contributed by atoms with E-state index >= 15 is 0 Å². The molecule has 1 aromatic heterocycles. The number of thiophene rings is 1. The molecule has 0 amide bonds. The lowest BCUT2D eigenvalue weighted by Gasteiger charge is -2.62. The van der Waals surface area contributed by atoms with Crippen molar-refractivity contribution in [3.63, 3.8) is 0 Å². The summed E-state index contributed by atoms with van der Waals surface area (Å²) in [6, 6.07) is 3.05. The van der Waals surface area contributed by atoms with E-state index in [0.717, 1.165) is 30.3 Å². The van der Waals surface area contributed by atoms with Gasteiger partial charge in [0.2, 0.25) is 0 Å². The van der Waals surface area contributed by atoms with Crippen molar-refractivity contribution < 1.29 is 0 Å². The molecule has 0 unspecified atom stereocenters. The van der Waals surface area contributed by atoms with Crippen LogP contribution in [0.3, 0.4) is 0 Å². The molecule has 0 aliphatic heterocycles. The van der Waals surface area contributed by atoms with Gasteiger partial charge in [-0.25, -0.2) is 0 Å². The summed E-state index contributed by atoms with van der Waals surface area (Å²) in [4.78, 5) is 1.57. The Hall–Kier alpha value is -0.340. The van der Waals surface area contributed by atoms with Crippen molar-refractivity contribution >= 4 is 11.3 Å². The fraction of sp³-hybridized carbons (Fsp3) is 0.778. The minimum absolute atomic E-state index is 0.605. The van der Waals surface area contributed by atoms with Crippen LogP contribution in [0.5, 0.6) is 0 Å². The summed E-state index contributed by atoms with van der Waals surface area (Å²) in [6.07, 6.45) is 5.35. The highest BCUT2D eigenvalue weighted by Crippen LogP contribution is 2.61. The fourth-order valence-corrected chi connectivity index (χ4v) is 5.54. The second-order valence-corrected chi connectivity index (χ2v) is 8.56. The maximum absolute atomic E-state index is 3.88. The summed E-state index contributed by atoms with van der Waals surface area (Å²) in [5.41, 5.74) is 2.17. The highest BCUT2D eigenvalue weighted by Gasteiger charge is 2.55. The first-order valence-corrected chi connectivity index (χ1v) is 9.20. The van der Waals surface area contributed by atoms with Crippen LogP contribution in [0.25, 0.3) is 0 Å². The van der Waals surface area contributed by atoms with Crippen molar-refractivity contribution in [3.05, 3.63) is 21.9 Å². The van der Waals surface area contributed by atoms with Gasteiger partial charge in [0, 0.05) is 17.5 Å². The quantitative estimate of drug-likeness (QED) is 0.817. The van der Waals surface area contributed by atoms with Gasteiger partial charge in [-0.3, -0.25) is 0 Å². The zero-order chi connectivity index (χ0) is 14.3. The fourth-order valence-electron chi connectivity index (χ4n) is 4.66. The van der Waals surface area contributed by atoms with E-state index in [1.54, 1.807) is 10.4 Å². The molecule has 3 aliphatic carbocycles. The van der Waals surface area contributed by atoms with Gasteiger partial charge in [-0.15, -0.1) is 11.3 Å². The van der Waals surface area contributed by atoms with Crippen molar-refractivity contribution in [3.8, 4) is 0 Å². The molecule has 1 heterocycles. The molecule has 0 radical (unpaired) electrons. The number of hydrogen-bond donors (Lipinski definition) is 1. The van der Waals surface area contributed by atoms with Crippen LogP contribution in [0.2, 0.25) is 0 Å². The standard InChI is InChI=1S/C18H29NS/c1-5-6-13-7-8-20-17(13)11-19-16-10-14-9-15(12(16)2)18(14,3)4/h7-8,12,14-16,19H,5-6,9-11H2,1-4H3/t12-,14-,15+,16-/m1/s1. The Morgan fingerprint density at radius 1 is 1.35 bits per heavy atom. The molecular formula is C18H29NS. The Morgan fingerprint density at radius 3 is 2.80 bits per heavy atom. The van der Waals surface area contributed by atoms with Crippen LogP contribution in [0.15, 0.2) is 11.4 Å². The van der Waals surface area contributed by atoms with Gasteiger partial charge in [-0.1, -0.05) is 34.1 Å². The number of aryl methyl sites for hydroxylation is 1. The third-order valence-electron chi connectivity index (χ3n) is 6.24. The molecule has 4 atom stereocenters. The normalized spacial score (nSPS) is 34.8. The lowest BCUT2D eigenvalue weighted by atomic mass is 9.45. The number of nitrogens with one attached hydrogen (secondary N) is 1. The molecule has 20 heavy (non-hydrogen) atoms. The van der Waals surface area contributed by atoms with E-state index in [-0.39, 0.29) is 0 Å². The summed E-state index contributed by atoms with van der Waals surface area (Å²) >= 11 is 1.93. The van der Waals surface area contributed by atoms with Crippen molar-refractivity contribution in [1.82, 2.24) is 5.32 Å². The van der Waals surface area contributed by atoms with Crippen molar-refractivity contribution in [2.75, 3.05) is 0 Å². The Morgan fingerprint density at radius 2 is 2.15 bits per heavy atom. The zero-order valence-corrected chi connectivity index (χ0v) is 14.2. The van der Waals surface area contributed by atoms with E-state index in [4.69, 9.17) is 0 Å². The number of fused-ring (bicyclic) bond motifs is 2. The third kappa shape index (κ3) is 2.35. The minimum Gasteiger partial charge on any atom is -0.309 e. The highest BCUT2D eigenvalue weighted by atomic mass is 32.1. The van der Waals surface area contributed by atoms with Crippen LogP contribution in [-0.4, -0.2) is 6.04 Å². The van der Waals surface area contributed by atoms with Gasteiger partial charge < -0.3 is 5.32 Å². The smallest absolute Gasteiger partial charge is 0.0305 e. The first kappa shape index (κ1) is 14.6. The van der Waals surface area contributed by atoms with Crippen LogP contribution in [-0.2, 0) is 13.0 Å². The van der Waals surface area contributed by atoms with E-state index in [2.05, 4.69) is 44.5 Å². The second kappa shape index (κ2) is 5.46. The maximum atomic E-state index is 3.88. The molecular weight excluding hydrogens is 262 g/mol. The topological polar surface area (TPSA) is 12.0 Å². The summed E-state index contributed by atoms with van der Waals surface area (Å²) in [5.74, 6) is 2.74. The molecule has 2 bridgehead atoms. The highest BCUT2D eigenvalue weighted by molar-refractivity contribution is 7.10. The lowest BCUT2D eigenvalue weighted by Crippen LogP contribution is -2.59. The minimum atomic E-state index is 0.605. The van der Waals surface area contributed by atoms with Crippen molar-refractivity contribution in [2.45, 2.75) is 66.0 Å². The van der Waals surface area contributed by atoms with E-state index in [0.29, 0.717) is 5.41 Å². The average molecular weight is 292 g/mol. The molecule has 3 aliphatic rings. The Kier molecular flexibility index (Phi) is 3.98. The van der Waals surface area contributed by atoms with Crippen LogP contribution in [0.1, 0.15) is 57.4 Å². The second-order valence-electron chi connectivity index (χ2n) is 7.56. The van der Waals surface area contributed by atoms with Gasteiger partial charge in [-0.2, -0.15) is 0 Å². The Labute approximate surface area is 128 Å². The lowest BCUT2D eigenvalue weighted by molar-refractivity contribution is -0.115. The molecule has 112 valence electrons. The van der Waals surface area contributed by atoms with E-state index in [1.165, 1.54) is 25.7 Å². The van der Waals surface area contributed by atoms with Gasteiger partial charge in [0.15, 0.2) is 0 Å². The predicted molar refractivity (Wildman–Crippen MR) is 88.1 cm³/mol. The average Bonchev–Trinajstić information content (AvgIpc) is 2.85. The van der Waals surface area contributed by atoms with Crippen molar-refractivity contribution in [2.24, 2.45) is 23.2 Å². The van der Waals surface area contributed by atoms with Crippen molar-refractivity contribution in [1.29, 1.82) is 0 Å². The molecule has 1 aromatic rings. The van der Waals surface area contributed by atoms with Gasteiger partial charge >= 0.3 is 0 Å². The van der Waals surface area contributed by atoms with Crippen LogP contribution in [0, 0.1) is 23.2 Å². The molecule has 4 rings (SSSR count). The molecule has 2 heteroatoms. The van der Waals surface area contributed by atoms with Gasteiger partial charge in [-0.05, 0) is 59.4 Å². The molecule has 0 spiro atoms.